The summed E-state index contributed by atoms with van der Waals surface area (Å²) in [4.78, 5) is 11.6. The highest BCUT2D eigenvalue weighted by molar-refractivity contribution is 5.85. The Morgan fingerprint density at radius 3 is 2.23 bits per heavy atom. The van der Waals surface area contributed by atoms with Gasteiger partial charge >= 0.3 is 5.97 Å². The summed E-state index contributed by atoms with van der Waals surface area (Å²) < 4.78 is 4.98. The number of anilines is 1. The molecule has 0 spiro atoms. The van der Waals surface area contributed by atoms with Crippen LogP contribution >= 0.6 is 12.4 Å². The van der Waals surface area contributed by atoms with Crippen molar-refractivity contribution in [2.45, 2.75) is 26.3 Å². The van der Waals surface area contributed by atoms with Crippen LogP contribution < -0.4 is 5.32 Å². The van der Waals surface area contributed by atoms with E-state index < -0.39 is 0 Å². The van der Waals surface area contributed by atoms with Crippen LogP contribution in [0.5, 0.6) is 0 Å². The quantitative estimate of drug-likeness (QED) is 0.816. The topological polar surface area (TPSA) is 38.3 Å². The normalized spacial score (nSPS) is 11.2. The van der Waals surface area contributed by atoms with E-state index in [0.717, 1.165) is 12.1 Å². The maximum absolute atomic E-state index is 11.6. The molecule has 2 aromatic rings. The summed E-state index contributed by atoms with van der Waals surface area (Å²) in [7, 11) is 0. The molecule has 0 aliphatic carbocycles. The Balaban J connectivity index is 0.00000242. The molecule has 0 fully saturated rings. The molecule has 1 atom stereocenters. The third kappa shape index (κ3) is 5.41. The summed E-state index contributed by atoms with van der Waals surface area (Å²) in [6.45, 7) is 4.01. The van der Waals surface area contributed by atoms with Gasteiger partial charge in [-0.15, -0.1) is 12.4 Å². The zero-order chi connectivity index (χ0) is 15.1. The molecule has 0 aromatic heterocycles. The molecule has 0 radical (unpaired) electrons. The van der Waals surface area contributed by atoms with Crippen molar-refractivity contribution < 1.29 is 9.53 Å². The molecule has 1 unspecified atom stereocenters. The highest BCUT2D eigenvalue weighted by Crippen LogP contribution is 2.14. The molecule has 0 aliphatic heterocycles. The summed E-state index contributed by atoms with van der Waals surface area (Å²) in [6, 6.07) is 18.2. The number of carbonyl (C=O) groups is 1. The fourth-order valence-corrected chi connectivity index (χ4v) is 2.13. The van der Waals surface area contributed by atoms with Crippen LogP contribution in [0.2, 0.25) is 0 Å². The third-order valence-corrected chi connectivity index (χ3v) is 3.23. The predicted octanol–water partition coefficient (Wildman–Crippen LogP) is 4.06. The molecule has 2 aromatic carbocycles. The number of ether oxygens (including phenoxy) is 1. The Bertz CT molecular complexity index is 569. The molecule has 1 N–H and O–H groups in total. The number of esters is 1. The van der Waals surface area contributed by atoms with Gasteiger partial charge in [0, 0.05) is 5.69 Å². The summed E-state index contributed by atoms with van der Waals surface area (Å²) in [5.74, 6) is -0.231. The van der Waals surface area contributed by atoms with Crippen LogP contribution in [0.25, 0.3) is 0 Å². The fraction of sp³-hybridized carbons (Fsp3) is 0.278. The second-order valence-corrected chi connectivity index (χ2v) is 4.98. The van der Waals surface area contributed by atoms with Crippen molar-refractivity contribution in [2.24, 2.45) is 0 Å². The first-order valence-electron chi connectivity index (χ1n) is 7.25. The van der Waals surface area contributed by atoms with E-state index in [0.29, 0.717) is 6.61 Å². The molecule has 0 saturated heterocycles. The molecule has 0 heterocycles. The molecule has 0 amide bonds. The standard InChI is InChI=1S/C18H21NO2.ClH/c1-3-21-18(20)14(2)19-17-11-9-16(10-12-17)13-15-7-5-4-6-8-15;/h4-12,14,19H,3,13H2,1-2H3;1H. The molecule has 4 heteroatoms. The first kappa shape index (κ1) is 18.1. The second-order valence-electron chi connectivity index (χ2n) is 4.98. The van der Waals surface area contributed by atoms with E-state index in [1.807, 2.05) is 37.3 Å². The fourth-order valence-electron chi connectivity index (χ4n) is 2.13. The average Bonchev–Trinajstić information content (AvgIpc) is 2.50. The van der Waals surface area contributed by atoms with Gasteiger partial charge in [0.1, 0.15) is 6.04 Å². The SMILES string of the molecule is CCOC(=O)C(C)Nc1ccc(Cc2ccccc2)cc1.Cl. The van der Waals surface area contributed by atoms with E-state index in [2.05, 4.69) is 29.6 Å². The van der Waals surface area contributed by atoms with Crippen LogP contribution in [0.4, 0.5) is 5.69 Å². The summed E-state index contributed by atoms with van der Waals surface area (Å²) in [5, 5.41) is 3.14. The van der Waals surface area contributed by atoms with Crippen LogP contribution in [0.15, 0.2) is 54.6 Å². The minimum Gasteiger partial charge on any atom is -0.464 e. The van der Waals surface area contributed by atoms with Crippen LogP contribution in [0.3, 0.4) is 0 Å². The van der Waals surface area contributed by atoms with Gasteiger partial charge in [-0.1, -0.05) is 42.5 Å². The number of nitrogens with one attached hydrogen (secondary N) is 1. The maximum Gasteiger partial charge on any atom is 0.328 e. The van der Waals surface area contributed by atoms with Crippen molar-refractivity contribution in [3.63, 3.8) is 0 Å². The smallest absolute Gasteiger partial charge is 0.328 e. The Hall–Kier alpha value is -2.00. The minimum atomic E-state index is -0.343. The van der Waals surface area contributed by atoms with Gasteiger partial charge in [-0.2, -0.15) is 0 Å². The second kappa shape index (κ2) is 9.11. The van der Waals surface area contributed by atoms with Gasteiger partial charge in [0.05, 0.1) is 6.61 Å². The van der Waals surface area contributed by atoms with Gasteiger partial charge in [-0.05, 0) is 43.5 Å². The van der Waals surface area contributed by atoms with Crippen molar-refractivity contribution in [2.75, 3.05) is 11.9 Å². The van der Waals surface area contributed by atoms with Gasteiger partial charge in [0.25, 0.3) is 0 Å². The number of rotatable bonds is 6. The van der Waals surface area contributed by atoms with Crippen LogP contribution in [-0.4, -0.2) is 18.6 Å². The lowest BCUT2D eigenvalue weighted by atomic mass is 10.0. The van der Waals surface area contributed by atoms with E-state index in [9.17, 15) is 4.79 Å². The molecule has 118 valence electrons. The van der Waals surface area contributed by atoms with E-state index in [4.69, 9.17) is 4.74 Å². The molecule has 3 nitrogen and oxygen atoms in total. The number of carbonyl (C=O) groups excluding carboxylic acids is 1. The van der Waals surface area contributed by atoms with Crippen molar-refractivity contribution in [1.82, 2.24) is 0 Å². The zero-order valence-corrected chi connectivity index (χ0v) is 13.7. The Labute approximate surface area is 138 Å². The number of benzene rings is 2. The summed E-state index contributed by atoms with van der Waals surface area (Å²) in [6.07, 6.45) is 0.911. The third-order valence-electron chi connectivity index (χ3n) is 3.23. The van der Waals surface area contributed by atoms with E-state index in [1.165, 1.54) is 11.1 Å². The first-order valence-corrected chi connectivity index (χ1v) is 7.25. The Morgan fingerprint density at radius 2 is 1.64 bits per heavy atom. The molecule has 0 saturated carbocycles. The van der Waals surface area contributed by atoms with Gasteiger partial charge in [-0.3, -0.25) is 0 Å². The Kier molecular flexibility index (Phi) is 7.47. The molecular weight excluding hydrogens is 298 g/mol. The largest absolute Gasteiger partial charge is 0.464 e. The molecular formula is C18H22ClNO2. The average molecular weight is 320 g/mol. The van der Waals surface area contributed by atoms with Crippen molar-refractivity contribution in [3.8, 4) is 0 Å². The van der Waals surface area contributed by atoms with Crippen molar-refractivity contribution in [3.05, 3.63) is 65.7 Å². The molecule has 2 rings (SSSR count). The van der Waals surface area contributed by atoms with Crippen LogP contribution in [-0.2, 0) is 16.0 Å². The van der Waals surface area contributed by atoms with E-state index in [-0.39, 0.29) is 24.4 Å². The highest BCUT2D eigenvalue weighted by atomic mass is 35.5. The molecule has 0 bridgehead atoms. The summed E-state index contributed by atoms with van der Waals surface area (Å²) in [5.41, 5.74) is 3.46. The number of hydrogen-bond acceptors (Lipinski definition) is 3. The van der Waals surface area contributed by atoms with Gasteiger partial charge in [0.15, 0.2) is 0 Å². The van der Waals surface area contributed by atoms with E-state index >= 15 is 0 Å². The van der Waals surface area contributed by atoms with Crippen molar-refractivity contribution in [1.29, 1.82) is 0 Å². The lowest BCUT2D eigenvalue weighted by molar-refractivity contribution is -0.143. The van der Waals surface area contributed by atoms with Gasteiger partial charge < -0.3 is 10.1 Å². The van der Waals surface area contributed by atoms with Crippen molar-refractivity contribution >= 4 is 24.1 Å². The first-order chi connectivity index (χ1) is 10.2. The maximum atomic E-state index is 11.6. The number of halogens is 1. The lowest BCUT2D eigenvalue weighted by Crippen LogP contribution is -2.28. The zero-order valence-electron chi connectivity index (χ0n) is 12.9. The lowest BCUT2D eigenvalue weighted by Gasteiger charge is -2.14. The Morgan fingerprint density at radius 1 is 1.05 bits per heavy atom. The number of hydrogen-bond donors (Lipinski definition) is 1. The van der Waals surface area contributed by atoms with Crippen LogP contribution in [0, 0.1) is 0 Å². The highest BCUT2D eigenvalue weighted by Gasteiger charge is 2.12. The van der Waals surface area contributed by atoms with E-state index in [1.54, 1.807) is 6.92 Å². The monoisotopic (exact) mass is 319 g/mol. The molecule has 0 aliphatic rings. The predicted molar refractivity (Wildman–Crippen MR) is 92.7 cm³/mol. The molecule has 22 heavy (non-hydrogen) atoms. The summed E-state index contributed by atoms with van der Waals surface area (Å²) >= 11 is 0. The van der Waals surface area contributed by atoms with Gasteiger partial charge in [-0.25, -0.2) is 4.79 Å². The minimum absolute atomic E-state index is 0. The van der Waals surface area contributed by atoms with Gasteiger partial charge in [0.2, 0.25) is 0 Å². The van der Waals surface area contributed by atoms with Crippen LogP contribution in [0.1, 0.15) is 25.0 Å².